The van der Waals surface area contributed by atoms with Crippen molar-refractivity contribution in [3.63, 3.8) is 0 Å². The highest BCUT2D eigenvalue weighted by Gasteiger charge is 2.26. The van der Waals surface area contributed by atoms with Crippen molar-refractivity contribution in [2.24, 2.45) is 0 Å². The lowest BCUT2D eigenvalue weighted by Gasteiger charge is -2.35. The van der Waals surface area contributed by atoms with Crippen molar-refractivity contribution in [1.82, 2.24) is 10.2 Å². The van der Waals surface area contributed by atoms with Crippen LogP contribution in [0.1, 0.15) is 24.1 Å². The third-order valence-corrected chi connectivity index (χ3v) is 4.74. The van der Waals surface area contributed by atoms with Crippen LogP contribution in [0.5, 0.6) is 17.2 Å². The molecule has 5 nitrogen and oxygen atoms in total. The van der Waals surface area contributed by atoms with Crippen LogP contribution in [0.3, 0.4) is 0 Å². The first-order valence-corrected chi connectivity index (χ1v) is 8.92. The first kappa shape index (κ1) is 16.2. The Hall–Kier alpha value is -2.24. The third kappa shape index (κ3) is 3.43. The molecule has 132 valence electrons. The van der Waals surface area contributed by atoms with E-state index in [2.05, 4.69) is 46.6 Å². The van der Waals surface area contributed by atoms with Crippen LogP contribution in [0.4, 0.5) is 0 Å². The van der Waals surface area contributed by atoms with Crippen molar-refractivity contribution in [2.75, 3.05) is 39.6 Å². The van der Waals surface area contributed by atoms with E-state index < -0.39 is 0 Å². The van der Waals surface area contributed by atoms with E-state index in [0.717, 1.165) is 43.4 Å². The van der Waals surface area contributed by atoms with Crippen LogP contribution in [0.25, 0.3) is 0 Å². The van der Waals surface area contributed by atoms with E-state index >= 15 is 0 Å². The van der Waals surface area contributed by atoms with E-state index in [9.17, 15) is 0 Å². The van der Waals surface area contributed by atoms with E-state index in [0.29, 0.717) is 13.4 Å². The first-order chi connectivity index (χ1) is 12.3. The number of nitrogens with zero attached hydrogens (tertiary/aromatic N) is 1. The molecule has 0 aliphatic carbocycles. The lowest BCUT2D eigenvalue weighted by Crippen LogP contribution is -2.45. The molecule has 2 aromatic rings. The van der Waals surface area contributed by atoms with Crippen molar-refractivity contribution in [3.05, 3.63) is 53.6 Å². The molecule has 2 aromatic carbocycles. The normalized spacial score (nSPS) is 18.1. The molecule has 1 atom stereocenters. The zero-order chi connectivity index (χ0) is 17.1. The fraction of sp³-hybridized carbons (Fsp3) is 0.400. The van der Waals surface area contributed by atoms with Gasteiger partial charge in [0.05, 0.1) is 12.6 Å². The molecule has 2 aliphatic heterocycles. The summed E-state index contributed by atoms with van der Waals surface area (Å²) < 4.78 is 16.6. The van der Waals surface area contributed by atoms with Gasteiger partial charge in [-0.25, -0.2) is 0 Å². The molecular weight excluding hydrogens is 316 g/mol. The molecule has 0 bridgehead atoms. The molecule has 2 aliphatic rings. The van der Waals surface area contributed by atoms with Gasteiger partial charge in [-0.3, -0.25) is 4.90 Å². The molecule has 1 fully saturated rings. The highest BCUT2D eigenvalue weighted by atomic mass is 16.7. The standard InChI is InChI=1S/C20H24N2O3/c1-2-23-17-6-3-15(4-7-17)20(22-11-9-21-10-12-22)16-5-8-18-19(13-16)25-14-24-18/h3-8,13,20-21H,2,9-12,14H2,1H3. The molecule has 0 saturated carbocycles. The number of hydrogen-bond acceptors (Lipinski definition) is 5. The summed E-state index contributed by atoms with van der Waals surface area (Å²) in [7, 11) is 0. The lowest BCUT2D eigenvalue weighted by molar-refractivity contribution is 0.173. The highest BCUT2D eigenvalue weighted by molar-refractivity contribution is 5.47. The van der Waals surface area contributed by atoms with Crippen LogP contribution in [0.15, 0.2) is 42.5 Å². The largest absolute Gasteiger partial charge is 0.494 e. The van der Waals surface area contributed by atoms with Crippen LogP contribution in [-0.2, 0) is 0 Å². The Bertz CT molecular complexity index is 711. The number of benzene rings is 2. The van der Waals surface area contributed by atoms with Gasteiger partial charge in [0, 0.05) is 26.2 Å². The maximum atomic E-state index is 5.59. The van der Waals surface area contributed by atoms with Gasteiger partial charge in [0.25, 0.3) is 0 Å². The monoisotopic (exact) mass is 340 g/mol. The van der Waals surface area contributed by atoms with Gasteiger partial charge in [-0.05, 0) is 42.3 Å². The van der Waals surface area contributed by atoms with Crippen LogP contribution >= 0.6 is 0 Å². The number of hydrogen-bond donors (Lipinski definition) is 1. The Morgan fingerprint density at radius 2 is 1.72 bits per heavy atom. The highest BCUT2D eigenvalue weighted by Crippen LogP contribution is 2.38. The molecule has 0 aromatic heterocycles. The average molecular weight is 340 g/mol. The van der Waals surface area contributed by atoms with Gasteiger partial charge in [0.15, 0.2) is 11.5 Å². The molecule has 1 unspecified atom stereocenters. The SMILES string of the molecule is CCOc1ccc(C(c2ccc3c(c2)OCO3)N2CCNCC2)cc1. The molecule has 0 radical (unpaired) electrons. The lowest BCUT2D eigenvalue weighted by atomic mass is 9.96. The summed E-state index contributed by atoms with van der Waals surface area (Å²) in [4.78, 5) is 2.52. The minimum Gasteiger partial charge on any atom is -0.494 e. The number of piperazine rings is 1. The minimum atomic E-state index is 0.201. The summed E-state index contributed by atoms with van der Waals surface area (Å²) in [5.74, 6) is 2.58. The number of ether oxygens (including phenoxy) is 3. The van der Waals surface area contributed by atoms with Crippen LogP contribution in [-0.4, -0.2) is 44.5 Å². The Morgan fingerprint density at radius 1 is 1.00 bits per heavy atom. The molecule has 4 rings (SSSR count). The van der Waals surface area contributed by atoms with E-state index in [1.54, 1.807) is 0 Å². The average Bonchev–Trinajstić information content (AvgIpc) is 3.12. The summed E-state index contributed by atoms with van der Waals surface area (Å²) in [5, 5.41) is 3.43. The van der Waals surface area contributed by atoms with Crippen molar-refractivity contribution >= 4 is 0 Å². The predicted molar refractivity (Wildman–Crippen MR) is 96.5 cm³/mol. The van der Waals surface area contributed by atoms with E-state index in [1.165, 1.54) is 11.1 Å². The Balaban J connectivity index is 1.68. The van der Waals surface area contributed by atoms with Gasteiger partial charge in [0.1, 0.15) is 5.75 Å². The smallest absolute Gasteiger partial charge is 0.231 e. The molecule has 5 heteroatoms. The zero-order valence-corrected chi connectivity index (χ0v) is 14.5. The Labute approximate surface area is 148 Å². The fourth-order valence-electron chi connectivity index (χ4n) is 3.55. The second-order valence-corrected chi connectivity index (χ2v) is 6.30. The quantitative estimate of drug-likeness (QED) is 0.907. The molecule has 1 saturated heterocycles. The van der Waals surface area contributed by atoms with E-state index in [1.807, 2.05) is 13.0 Å². The van der Waals surface area contributed by atoms with Gasteiger partial charge < -0.3 is 19.5 Å². The number of rotatable bonds is 5. The van der Waals surface area contributed by atoms with Gasteiger partial charge in [-0.2, -0.15) is 0 Å². The van der Waals surface area contributed by atoms with E-state index in [4.69, 9.17) is 14.2 Å². The Kier molecular flexibility index (Phi) is 4.76. The maximum absolute atomic E-state index is 5.59. The third-order valence-electron chi connectivity index (χ3n) is 4.74. The summed E-state index contributed by atoms with van der Waals surface area (Å²) in [6.07, 6.45) is 0. The van der Waals surface area contributed by atoms with Crippen LogP contribution < -0.4 is 19.5 Å². The molecule has 2 heterocycles. The molecule has 25 heavy (non-hydrogen) atoms. The van der Waals surface area contributed by atoms with Gasteiger partial charge in [0.2, 0.25) is 6.79 Å². The van der Waals surface area contributed by atoms with Crippen LogP contribution in [0, 0.1) is 0 Å². The van der Waals surface area contributed by atoms with Crippen molar-refractivity contribution < 1.29 is 14.2 Å². The molecule has 1 N–H and O–H groups in total. The number of fused-ring (bicyclic) bond motifs is 1. The predicted octanol–water partition coefficient (Wildman–Crippen LogP) is 2.81. The van der Waals surface area contributed by atoms with Crippen molar-refractivity contribution in [3.8, 4) is 17.2 Å². The first-order valence-electron chi connectivity index (χ1n) is 8.92. The minimum absolute atomic E-state index is 0.201. The second-order valence-electron chi connectivity index (χ2n) is 6.30. The van der Waals surface area contributed by atoms with Gasteiger partial charge >= 0.3 is 0 Å². The second kappa shape index (κ2) is 7.33. The molecule has 0 spiro atoms. The summed E-state index contributed by atoms with van der Waals surface area (Å²) in [5.41, 5.74) is 2.50. The van der Waals surface area contributed by atoms with Gasteiger partial charge in [-0.15, -0.1) is 0 Å². The zero-order valence-electron chi connectivity index (χ0n) is 14.5. The summed E-state index contributed by atoms with van der Waals surface area (Å²) >= 11 is 0. The van der Waals surface area contributed by atoms with E-state index in [-0.39, 0.29) is 6.04 Å². The summed E-state index contributed by atoms with van der Waals surface area (Å²) in [6.45, 7) is 7.06. The molecular formula is C20H24N2O3. The summed E-state index contributed by atoms with van der Waals surface area (Å²) in [6, 6.07) is 14.9. The fourth-order valence-corrected chi connectivity index (χ4v) is 3.55. The maximum Gasteiger partial charge on any atom is 0.231 e. The number of nitrogens with one attached hydrogen (secondary N) is 1. The van der Waals surface area contributed by atoms with Crippen LogP contribution in [0.2, 0.25) is 0 Å². The van der Waals surface area contributed by atoms with Crippen molar-refractivity contribution in [1.29, 1.82) is 0 Å². The Morgan fingerprint density at radius 3 is 2.48 bits per heavy atom. The van der Waals surface area contributed by atoms with Crippen molar-refractivity contribution in [2.45, 2.75) is 13.0 Å². The van der Waals surface area contributed by atoms with Gasteiger partial charge in [-0.1, -0.05) is 18.2 Å². The molecule has 0 amide bonds. The topological polar surface area (TPSA) is 43.0 Å².